The number of pyridine rings is 1. The summed E-state index contributed by atoms with van der Waals surface area (Å²) < 4.78 is 7.21. The highest BCUT2D eigenvalue weighted by Crippen LogP contribution is 2.13. The lowest BCUT2D eigenvalue weighted by Gasteiger charge is -2.15. The number of aryl methyl sites for hydroxylation is 1. The van der Waals surface area contributed by atoms with Gasteiger partial charge in [-0.1, -0.05) is 6.92 Å². The zero-order valence-corrected chi connectivity index (χ0v) is 13.5. The number of aliphatic hydroxyl groups excluding tert-OH is 1. The molecule has 1 aromatic carbocycles. The van der Waals surface area contributed by atoms with Gasteiger partial charge in [-0.05, 0) is 48.9 Å². The van der Waals surface area contributed by atoms with Crippen LogP contribution in [0, 0.1) is 12.3 Å². The number of hydrogen-bond acceptors (Lipinski definition) is 4. The van der Waals surface area contributed by atoms with Gasteiger partial charge in [0, 0.05) is 18.2 Å². The summed E-state index contributed by atoms with van der Waals surface area (Å²) in [5.74, 6) is 0.701. The average Bonchev–Trinajstić information content (AvgIpc) is 2.55. The van der Waals surface area contributed by atoms with E-state index >= 15 is 0 Å². The van der Waals surface area contributed by atoms with Crippen molar-refractivity contribution in [3.8, 4) is 5.75 Å². The molecule has 0 spiro atoms. The summed E-state index contributed by atoms with van der Waals surface area (Å²) >= 11 is 0. The van der Waals surface area contributed by atoms with E-state index in [1.165, 1.54) is 0 Å². The van der Waals surface area contributed by atoms with Crippen LogP contribution in [0.25, 0.3) is 0 Å². The number of carbonyl (C=O) groups excluding carboxylic acids is 1. The molecule has 0 fully saturated rings. The number of aliphatic hydroxyl groups is 1. The lowest BCUT2D eigenvalue weighted by atomic mass is 10.1. The summed E-state index contributed by atoms with van der Waals surface area (Å²) in [6.07, 6.45) is 1.54. The van der Waals surface area contributed by atoms with Crippen LogP contribution in [0.4, 0.5) is 0 Å². The second-order valence-corrected chi connectivity index (χ2v) is 5.51. The van der Waals surface area contributed by atoms with Crippen LogP contribution >= 0.6 is 0 Å². The Hall–Kier alpha value is -2.40. The molecular formula is C18H22N2O3. The summed E-state index contributed by atoms with van der Waals surface area (Å²) in [7, 11) is 0. The molecule has 0 saturated carbocycles. The number of Topliss-reactive ketones (excluding diaryl/α,β-unsaturated/α-hetero) is 1. The molecule has 5 heteroatoms. The molecule has 0 aliphatic heterocycles. The Morgan fingerprint density at radius 3 is 2.61 bits per heavy atom. The maximum absolute atomic E-state index is 11.5. The van der Waals surface area contributed by atoms with Gasteiger partial charge in [-0.15, -0.1) is 0 Å². The van der Waals surface area contributed by atoms with Crippen molar-refractivity contribution in [1.29, 1.82) is 5.41 Å². The number of benzene rings is 1. The SMILES string of the molecule is CCC(=O)c1ccc(OCC(O)Cn2ccc(C)cc2=N)cc1. The van der Waals surface area contributed by atoms with Gasteiger partial charge in [0.15, 0.2) is 5.78 Å². The number of nitrogens with one attached hydrogen (secondary N) is 1. The maximum atomic E-state index is 11.5. The van der Waals surface area contributed by atoms with E-state index in [2.05, 4.69) is 0 Å². The fourth-order valence-corrected chi connectivity index (χ4v) is 2.21. The fourth-order valence-electron chi connectivity index (χ4n) is 2.21. The Morgan fingerprint density at radius 2 is 2.00 bits per heavy atom. The number of carbonyl (C=O) groups is 1. The molecule has 0 saturated heterocycles. The molecule has 0 amide bonds. The van der Waals surface area contributed by atoms with Crippen LogP contribution in [0.2, 0.25) is 0 Å². The summed E-state index contributed by atoms with van der Waals surface area (Å²) in [6, 6.07) is 10.6. The Balaban J connectivity index is 1.90. The molecule has 2 aromatic rings. The number of aromatic nitrogens is 1. The van der Waals surface area contributed by atoms with Crippen molar-refractivity contribution in [2.24, 2.45) is 0 Å². The Bertz CT molecular complexity index is 720. The van der Waals surface area contributed by atoms with E-state index in [0.717, 1.165) is 5.56 Å². The summed E-state index contributed by atoms with van der Waals surface area (Å²) in [5.41, 5.74) is 2.03. The number of ketones is 1. The van der Waals surface area contributed by atoms with Gasteiger partial charge in [0.2, 0.25) is 0 Å². The number of rotatable bonds is 7. The van der Waals surface area contributed by atoms with Crippen molar-refractivity contribution in [3.63, 3.8) is 0 Å². The van der Waals surface area contributed by atoms with Crippen molar-refractivity contribution in [3.05, 3.63) is 59.2 Å². The molecule has 122 valence electrons. The quantitative estimate of drug-likeness (QED) is 0.770. The van der Waals surface area contributed by atoms with Gasteiger partial charge in [-0.3, -0.25) is 10.2 Å². The third-order valence-corrected chi connectivity index (χ3v) is 3.54. The van der Waals surface area contributed by atoms with Crippen molar-refractivity contribution in [2.45, 2.75) is 32.9 Å². The Labute approximate surface area is 135 Å². The van der Waals surface area contributed by atoms with Gasteiger partial charge in [0.1, 0.15) is 23.9 Å². The van der Waals surface area contributed by atoms with Crippen LogP contribution < -0.4 is 10.2 Å². The molecule has 23 heavy (non-hydrogen) atoms. The predicted molar refractivity (Wildman–Crippen MR) is 87.6 cm³/mol. The van der Waals surface area contributed by atoms with Crippen LogP contribution in [-0.2, 0) is 6.54 Å². The smallest absolute Gasteiger partial charge is 0.162 e. The van der Waals surface area contributed by atoms with Gasteiger partial charge in [0.05, 0.1) is 6.54 Å². The second-order valence-electron chi connectivity index (χ2n) is 5.51. The highest BCUT2D eigenvalue weighted by Gasteiger charge is 2.08. The van der Waals surface area contributed by atoms with Crippen molar-refractivity contribution >= 4 is 5.78 Å². The summed E-state index contributed by atoms with van der Waals surface area (Å²) in [5, 5.41) is 17.9. The number of ether oxygens (including phenoxy) is 1. The molecule has 2 rings (SSSR count). The molecule has 1 aromatic heterocycles. The van der Waals surface area contributed by atoms with E-state index < -0.39 is 6.10 Å². The first-order chi connectivity index (χ1) is 11.0. The molecule has 0 aliphatic carbocycles. The maximum Gasteiger partial charge on any atom is 0.162 e. The average molecular weight is 314 g/mol. The van der Waals surface area contributed by atoms with Crippen LogP contribution in [0.1, 0.15) is 29.3 Å². The Morgan fingerprint density at radius 1 is 1.30 bits per heavy atom. The van der Waals surface area contributed by atoms with Crippen LogP contribution in [-0.4, -0.2) is 28.2 Å². The third-order valence-electron chi connectivity index (χ3n) is 3.54. The topological polar surface area (TPSA) is 75.3 Å². The minimum absolute atomic E-state index is 0.0929. The second kappa shape index (κ2) is 7.74. The lowest BCUT2D eigenvalue weighted by Crippen LogP contribution is -2.29. The first kappa shape index (κ1) is 17.0. The van der Waals surface area contributed by atoms with Gasteiger partial charge >= 0.3 is 0 Å². The molecule has 1 heterocycles. The third kappa shape index (κ3) is 4.79. The molecule has 0 aliphatic rings. The van der Waals surface area contributed by atoms with Crippen LogP contribution in [0.3, 0.4) is 0 Å². The molecule has 2 N–H and O–H groups in total. The van der Waals surface area contributed by atoms with Crippen molar-refractivity contribution in [2.75, 3.05) is 6.61 Å². The minimum Gasteiger partial charge on any atom is -0.491 e. The van der Waals surface area contributed by atoms with E-state index in [0.29, 0.717) is 29.8 Å². The molecule has 1 atom stereocenters. The summed E-state index contributed by atoms with van der Waals surface area (Å²) in [6.45, 7) is 4.17. The first-order valence-corrected chi connectivity index (χ1v) is 7.65. The Kier molecular flexibility index (Phi) is 5.71. The highest BCUT2D eigenvalue weighted by molar-refractivity contribution is 5.95. The van der Waals surface area contributed by atoms with Crippen LogP contribution in [0.15, 0.2) is 42.6 Å². The van der Waals surface area contributed by atoms with Gasteiger partial charge < -0.3 is 14.4 Å². The standard InChI is InChI=1S/C18H22N2O3/c1-3-17(22)14-4-6-16(7-5-14)23-12-15(21)11-20-9-8-13(2)10-18(20)19/h4-10,15,19,21H,3,11-12H2,1-2H3. The number of nitrogens with zero attached hydrogens (tertiary/aromatic N) is 1. The zero-order valence-electron chi connectivity index (χ0n) is 13.5. The predicted octanol–water partition coefficient (Wildman–Crippen LogP) is 2.31. The van der Waals surface area contributed by atoms with Crippen molar-refractivity contribution < 1.29 is 14.6 Å². The lowest BCUT2D eigenvalue weighted by molar-refractivity contribution is 0.0911. The normalized spacial score (nSPS) is 12.0. The number of hydrogen-bond donors (Lipinski definition) is 2. The molecule has 0 radical (unpaired) electrons. The van der Waals surface area contributed by atoms with E-state index in [1.54, 1.807) is 41.1 Å². The van der Waals surface area contributed by atoms with E-state index in [-0.39, 0.29) is 12.4 Å². The summed E-state index contributed by atoms with van der Waals surface area (Å²) in [4.78, 5) is 11.5. The van der Waals surface area contributed by atoms with Gasteiger partial charge in [-0.2, -0.15) is 0 Å². The first-order valence-electron chi connectivity index (χ1n) is 7.65. The van der Waals surface area contributed by atoms with Crippen LogP contribution in [0.5, 0.6) is 5.75 Å². The van der Waals surface area contributed by atoms with E-state index in [1.807, 2.05) is 19.9 Å². The van der Waals surface area contributed by atoms with Gasteiger partial charge in [-0.25, -0.2) is 0 Å². The van der Waals surface area contributed by atoms with E-state index in [4.69, 9.17) is 10.1 Å². The zero-order chi connectivity index (χ0) is 16.8. The molecular weight excluding hydrogens is 292 g/mol. The van der Waals surface area contributed by atoms with E-state index in [9.17, 15) is 9.90 Å². The molecule has 5 nitrogen and oxygen atoms in total. The highest BCUT2D eigenvalue weighted by atomic mass is 16.5. The molecule has 0 bridgehead atoms. The molecule has 1 unspecified atom stereocenters. The minimum atomic E-state index is -0.719. The largest absolute Gasteiger partial charge is 0.491 e. The van der Waals surface area contributed by atoms with Gasteiger partial charge in [0.25, 0.3) is 0 Å². The fraction of sp³-hybridized carbons (Fsp3) is 0.333. The monoisotopic (exact) mass is 314 g/mol. The van der Waals surface area contributed by atoms with Crippen molar-refractivity contribution in [1.82, 2.24) is 4.57 Å².